The third-order valence-electron chi connectivity index (χ3n) is 4.12. The van der Waals surface area contributed by atoms with Crippen molar-refractivity contribution in [3.63, 3.8) is 0 Å². The number of likely N-dealkylation sites (N-methyl/N-ethyl adjacent to an activating group) is 1. The van der Waals surface area contributed by atoms with Crippen molar-refractivity contribution in [2.45, 2.75) is 24.3 Å². The predicted octanol–water partition coefficient (Wildman–Crippen LogP) is 3.81. The van der Waals surface area contributed by atoms with Crippen molar-refractivity contribution in [1.82, 2.24) is 19.7 Å². The largest absolute Gasteiger partial charge is 0.348 e. The van der Waals surface area contributed by atoms with Crippen LogP contribution < -0.4 is 0 Å². The molecule has 0 bridgehead atoms. The summed E-state index contributed by atoms with van der Waals surface area (Å²) in [5.74, 6) is 0.0244. The van der Waals surface area contributed by atoms with E-state index in [2.05, 4.69) is 42.2 Å². The number of amides is 1. The van der Waals surface area contributed by atoms with Crippen LogP contribution in [0.1, 0.15) is 21.9 Å². The molecule has 1 atom stereocenters. The van der Waals surface area contributed by atoms with Crippen molar-refractivity contribution in [3.8, 4) is 5.69 Å². The molecule has 0 aliphatic carbocycles. The van der Waals surface area contributed by atoms with Crippen LogP contribution in [0.4, 0.5) is 0 Å². The number of nitrogens with zero attached hydrogens (tertiary/aromatic N) is 4. The summed E-state index contributed by atoms with van der Waals surface area (Å²) in [5, 5.41) is 8.67. The molecule has 0 fully saturated rings. The molecule has 2 aromatic carbocycles. The van der Waals surface area contributed by atoms with Gasteiger partial charge in [-0.25, -0.2) is 0 Å². The monoisotopic (exact) mass is 366 g/mol. The normalized spacial score (nSPS) is 12.0. The van der Waals surface area contributed by atoms with Crippen LogP contribution in [0.5, 0.6) is 0 Å². The molecule has 0 aliphatic rings. The van der Waals surface area contributed by atoms with Gasteiger partial charge in [0.15, 0.2) is 5.16 Å². The van der Waals surface area contributed by atoms with E-state index in [0.29, 0.717) is 5.16 Å². The third kappa shape index (κ3) is 3.80. The lowest BCUT2D eigenvalue weighted by Crippen LogP contribution is -2.27. The van der Waals surface area contributed by atoms with Crippen LogP contribution >= 0.6 is 11.8 Å². The molecule has 1 heterocycles. The number of carbonyl (C=O) groups is 1. The van der Waals surface area contributed by atoms with Gasteiger partial charge < -0.3 is 4.90 Å². The Hall–Kier alpha value is -2.60. The van der Waals surface area contributed by atoms with Crippen LogP contribution in [0.15, 0.2) is 60.0 Å². The Kier molecular flexibility index (Phi) is 5.42. The maximum Gasteiger partial charge on any atom is 0.240 e. The molecule has 0 radical (unpaired) electrons. The first-order valence-electron chi connectivity index (χ1n) is 8.38. The minimum Gasteiger partial charge on any atom is -0.348 e. The Morgan fingerprint density at radius 1 is 1.12 bits per heavy atom. The molecular formula is C20H22N4OS. The van der Waals surface area contributed by atoms with E-state index in [4.69, 9.17) is 0 Å². The molecule has 0 spiro atoms. The summed E-state index contributed by atoms with van der Waals surface area (Å²) in [6.07, 6.45) is 1.70. The van der Waals surface area contributed by atoms with Crippen molar-refractivity contribution in [1.29, 1.82) is 0 Å². The van der Waals surface area contributed by atoms with Crippen molar-refractivity contribution in [2.75, 3.05) is 14.1 Å². The zero-order valence-corrected chi connectivity index (χ0v) is 16.2. The number of aromatic nitrogens is 3. The summed E-state index contributed by atoms with van der Waals surface area (Å²) < 4.78 is 1.94. The topological polar surface area (TPSA) is 51.0 Å². The molecule has 0 aliphatic heterocycles. The van der Waals surface area contributed by atoms with Gasteiger partial charge >= 0.3 is 0 Å². The summed E-state index contributed by atoms with van der Waals surface area (Å²) in [6, 6.07) is 16.0. The highest BCUT2D eigenvalue weighted by atomic mass is 32.2. The number of hydrogen-bond donors (Lipinski definition) is 0. The van der Waals surface area contributed by atoms with E-state index in [1.165, 1.54) is 17.3 Å². The molecule has 26 heavy (non-hydrogen) atoms. The Morgan fingerprint density at radius 3 is 2.50 bits per heavy atom. The van der Waals surface area contributed by atoms with Gasteiger partial charge in [0.2, 0.25) is 5.91 Å². The average molecular weight is 366 g/mol. The van der Waals surface area contributed by atoms with Gasteiger partial charge in [-0.1, -0.05) is 59.8 Å². The zero-order chi connectivity index (χ0) is 18.7. The Labute approximate surface area is 158 Å². The molecule has 3 aromatic rings. The number of thioether (sulfide) groups is 1. The fourth-order valence-corrected chi connectivity index (χ4v) is 3.94. The van der Waals surface area contributed by atoms with Crippen molar-refractivity contribution >= 4 is 17.7 Å². The second-order valence-electron chi connectivity index (χ2n) is 6.41. The molecule has 3 rings (SSSR count). The predicted molar refractivity (Wildman–Crippen MR) is 105 cm³/mol. The molecule has 0 N–H and O–H groups in total. The van der Waals surface area contributed by atoms with E-state index in [9.17, 15) is 4.79 Å². The first kappa shape index (κ1) is 18.2. The van der Waals surface area contributed by atoms with Gasteiger partial charge in [-0.3, -0.25) is 9.36 Å². The first-order valence-corrected chi connectivity index (χ1v) is 9.25. The summed E-state index contributed by atoms with van der Waals surface area (Å²) in [7, 11) is 3.54. The minimum atomic E-state index is -0.375. The number of carbonyl (C=O) groups excluding carboxylic acids is 1. The standard InChI is InChI=1S/C20H22N4OS/c1-14-10-11-17(15(2)12-14)24-13-21-22-20(24)26-18(19(25)23(3)4)16-8-6-5-7-9-16/h5-13,18H,1-4H3. The molecule has 1 amide bonds. The highest BCUT2D eigenvalue weighted by molar-refractivity contribution is 8.00. The van der Waals surface area contributed by atoms with Crippen LogP contribution in [0.2, 0.25) is 0 Å². The second-order valence-corrected chi connectivity index (χ2v) is 7.49. The first-order chi connectivity index (χ1) is 12.5. The molecule has 6 heteroatoms. The van der Waals surface area contributed by atoms with Crippen molar-refractivity contribution in [3.05, 3.63) is 71.5 Å². The van der Waals surface area contributed by atoms with Crippen LogP contribution in [0.25, 0.3) is 5.69 Å². The fraction of sp³-hybridized carbons (Fsp3) is 0.250. The van der Waals surface area contributed by atoms with Gasteiger partial charge in [0, 0.05) is 14.1 Å². The fourth-order valence-electron chi connectivity index (χ4n) is 2.77. The van der Waals surface area contributed by atoms with Crippen LogP contribution in [0, 0.1) is 13.8 Å². The van der Waals surface area contributed by atoms with Crippen LogP contribution in [-0.2, 0) is 4.79 Å². The summed E-state index contributed by atoms with van der Waals surface area (Å²) in [6.45, 7) is 4.14. The lowest BCUT2D eigenvalue weighted by molar-refractivity contribution is -0.128. The summed E-state index contributed by atoms with van der Waals surface area (Å²) >= 11 is 1.42. The maximum atomic E-state index is 12.8. The molecular weight excluding hydrogens is 344 g/mol. The third-order valence-corrected chi connectivity index (χ3v) is 5.32. The number of hydrogen-bond acceptors (Lipinski definition) is 4. The Bertz CT molecular complexity index is 905. The van der Waals surface area contributed by atoms with Crippen molar-refractivity contribution < 1.29 is 4.79 Å². The maximum absolute atomic E-state index is 12.8. The number of aryl methyl sites for hydroxylation is 2. The van der Waals surface area contributed by atoms with Gasteiger partial charge in [0.05, 0.1) is 5.69 Å². The van der Waals surface area contributed by atoms with E-state index in [-0.39, 0.29) is 11.2 Å². The molecule has 1 aromatic heterocycles. The van der Waals surface area contributed by atoms with E-state index in [1.54, 1.807) is 25.3 Å². The quantitative estimate of drug-likeness (QED) is 0.645. The van der Waals surface area contributed by atoms with Crippen LogP contribution in [-0.4, -0.2) is 39.7 Å². The van der Waals surface area contributed by atoms with E-state index >= 15 is 0 Å². The van der Waals surface area contributed by atoms with E-state index in [1.807, 2.05) is 34.9 Å². The Balaban J connectivity index is 1.98. The molecule has 5 nitrogen and oxygen atoms in total. The Morgan fingerprint density at radius 2 is 1.85 bits per heavy atom. The molecule has 134 valence electrons. The molecule has 1 unspecified atom stereocenters. The van der Waals surface area contributed by atoms with Gasteiger partial charge in [-0.05, 0) is 31.0 Å². The second kappa shape index (κ2) is 7.74. The highest BCUT2D eigenvalue weighted by Crippen LogP contribution is 2.36. The average Bonchev–Trinajstić information content (AvgIpc) is 3.07. The molecule has 0 saturated heterocycles. The van der Waals surface area contributed by atoms with Crippen LogP contribution in [0.3, 0.4) is 0 Å². The van der Waals surface area contributed by atoms with E-state index < -0.39 is 0 Å². The lowest BCUT2D eigenvalue weighted by Gasteiger charge is -2.20. The van der Waals surface area contributed by atoms with Gasteiger partial charge in [-0.15, -0.1) is 10.2 Å². The number of rotatable bonds is 5. The smallest absolute Gasteiger partial charge is 0.240 e. The number of benzene rings is 2. The highest BCUT2D eigenvalue weighted by Gasteiger charge is 2.26. The SMILES string of the molecule is Cc1ccc(-n2cnnc2SC(C(=O)N(C)C)c2ccccc2)c(C)c1. The zero-order valence-electron chi connectivity index (χ0n) is 15.4. The van der Waals surface area contributed by atoms with E-state index in [0.717, 1.165) is 16.8 Å². The molecule has 0 saturated carbocycles. The summed E-state index contributed by atoms with van der Waals surface area (Å²) in [4.78, 5) is 14.4. The van der Waals surface area contributed by atoms with Gasteiger partial charge in [0.1, 0.15) is 11.6 Å². The van der Waals surface area contributed by atoms with Crippen molar-refractivity contribution in [2.24, 2.45) is 0 Å². The van der Waals surface area contributed by atoms with Gasteiger partial charge in [-0.2, -0.15) is 0 Å². The summed E-state index contributed by atoms with van der Waals surface area (Å²) in [5.41, 5.74) is 4.32. The minimum absolute atomic E-state index is 0.0244. The van der Waals surface area contributed by atoms with Gasteiger partial charge in [0.25, 0.3) is 0 Å². The lowest BCUT2D eigenvalue weighted by atomic mass is 10.1.